The van der Waals surface area contributed by atoms with Crippen molar-refractivity contribution in [2.45, 2.75) is 5.41 Å². The number of anilines is 3. The molecule has 10 aromatic carbocycles. The van der Waals surface area contributed by atoms with Crippen LogP contribution < -0.4 is 4.90 Å². The Hall–Kier alpha value is -7.74. The molecule has 0 fully saturated rings. The van der Waals surface area contributed by atoms with Crippen molar-refractivity contribution in [2.75, 3.05) is 4.90 Å². The van der Waals surface area contributed by atoms with E-state index in [1.807, 2.05) is 0 Å². The number of fused-ring (bicyclic) bond motifs is 4. The Balaban J connectivity index is 1.14. The lowest BCUT2D eigenvalue weighted by molar-refractivity contribution is 0.768. The van der Waals surface area contributed by atoms with Gasteiger partial charge in [0.2, 0.25) is 0 Å². The molecule has 0 saturated heterocycles. The Morgan fingerprint density at radius 3 is 1.40 bits per heavy atom. The standard InChI is InChI=1S/C59H41N/c1-5-17-42(18-6-1)43-31-35-49(36-32-43)60(50-37-33-46(34-38-50)53-28-15-22-44-21-13-14-27-52(44)53)51-39-40-55-57(41-51)59(47-23-9-3-10-24-47,48-25-11-4-12-26-48)56-30-16-29-54(58(55)56)45-19-7-2-8-20-45/h1-41H. The van der Waals surface area contributed by atoms with Crippen molar-refractivity contribution < 1.29 is 0 Å². The molecule has 0 N–H and O–H groups in total. The molecule has 0 bridgehead atoms. The first-order chi connectivity index (χ1) is 29.8. The molecule has 0 atom stereocenters. The van der Waals surface area contributed by atoms with E-state index < -0.39 is 5.41 Å². The van der Waals surface area contributed by atoms with E-state index in [0.717, 1.165) is 17.1 Å². The third kappa shape index (κ3) is 5.86. The monoisotopic (exact) mass is 763 g/mol. The molecule has 11 rings (SSSR count). The van der Waals surface area contributed by atoms with Crippen LogP contribution in [0.3, 0.4) is 0 Å². The van der Waals surface area contributed by atoms with Gasteiger partial charge < -0.3 is 4.90 Å². The maximum atomic E-state index is 2.47. The van der Waals surface area contributed by atoms with Crippen LogP contribution in [-0.4, -0.2) is 0 Å². The SMILES string of the molecule is c1ccc(-c2ccc(N(c3ccc(-c4cccc5ccccc45)cc3)c3ccc4c(c3)C(c3ccccc3)(c3ccccc3)c3cccc(-c5ccccc5)c3-4)cc2)cc1. The van der Waals surface area contributed by atoms with Crippen LogP contribution >= 0.6 is 0 Å². The third-order valence-electron chi connectivity index (χ3n) is 12.4. The second-order valence-corrected chi connectivity index (χ2v) is 15.6. The highest BCUT2D eigenvalue weighted by Gasteiger charge is 2.47. The summed E-state index contributed by atoms with van der Waals surface area (Å²) in [6.07, 6.45) is 0. The lowest BCUT2D eigenvalue weighted by Gasteiger charge is -2.35. The van der Waals surface area contributed by atoms with Crippen molar-refractivity contribution >= 4 is 27.8 Å². The van der Waals surface area contributed by atoms with Crippen LogP contribution in [0.15, 0.2) is 249 Å². The fourth-order valence-corrected chi connectivity index (χ4v) is 9.67. The highest BCUT2D eigenvalue weighted by atomic mass is 15.1. The average Bonchev–Trinajstić information content (AvgIpc) is 3.64. The molecule has 1 heteroatoms. The van der Waals surface area contributed by atoms with Crippen molar-refractivity contribution in [1.82, 2.24) is 0 Å². The van der Waals surface area contributed by atoms with Crippen molar-refractivity contribution in [2.24, 2.45) is 0 Å². The maximum Gasteiger partial charge on any atom is 0.0714 e. The van der Waals surface area contributed by atoms with Gasteiger partial charge in [-0.25, -0.2) is 0 Å². The van der Waals surface area contributed by atoms with E-state index in [2.05, 4.69) is 254 Å². The van der Waals surface area contributed by atoms with Gasteiger partial charge in [-0.15, -0.1) is 0 Å². The fourth-order valence-electron chi connectivity index (χ4n) is 9.67. The molecule has 0 spiro atoms. The van der Waals surface area contributed by atoms with Crippen molar-refractivity contribution in [3.05, 3.63) is 271 Å². The normalized spacial score (nSPS) is 12.5. The summed E-state index contributed by atoms with van der Waals surface area (Å²) in [6.45, 7) is 0. The molecule has 0 aromatic heterocycles. The average molecular weight is 764 g/mol. The van der Waals surface area contributed by atoms with Crippen LogP contribution in [0, 0.1) is 0 Å². The Bertz CT molecular complexity index is 3050. The van der Waals surface area contributed by atoms with Crippen molar-refractivity contribution in [3.63, 3.8) is 0 Å². The number of nitrogens with zero attached hydrogens (tertiary/aromatic N) is 1. The van der Waals surface area contributed by atoms with E-state index in [4.69, 9.17) is 0 Å². The van der Waals surface area contributed by atoms with Gasteiger partial charge in [-0.2, -0.15) is 0 Å². The van der Waals surface area contributed by atoms with E-state index in [9.17, 15) is 0 Å². The first kappa shape index (κ1) is 35.4. The number of benzene rings is 10. The van der Waals surface area contributed by atoms with Crippen molar-refractivity contribution in [3.8, 4) is 44.5 Å². The van der Waals surface area contributed by atoms with E-state index in [1.54, 1.807) is 0 Å². The summed E-state index contributed by atoms with van der Waals surface area (Å²) in [5.41, 5.74) is 17.6. The van der Waals surface area contributed by atoms with Crippen LogP contribution in [0.5, 0.6) is 0 Å². The van der Waals surface area contributed by atoms with Crippen LogP contribution in [0.2, 0.25) is 0 Å². The topological polar surface area (TPSA) is 3.24 Å². The summed E-state index contributed by atoms with van der Waals surface area (Å²) in [7, 11) is 0. The zero-order chi connectivity index (χ0) is 39.9. The predicted molar refractivity (Wildman–Crippen MR) is 252 cm³/mol. The molecule has 0 unspecified atom stereocenters. The minimum atomic E-state index is -0.560. The molecular weight excluding hydrogens is 723 g/mol. The molecule has 0 amide bonds. The van der Waals surface area contributed by atoms with Gasteiger partial charge >= 0.3 is 0 Å². The van der Waals surface area contributed by atoms with Crippen LogP contribution in [0.4, 0.5) is 17.1 Å². The third-order valence-corrected chi connectivity index (χ3v) is 12.4. The molecule has 282 valence electrons. The summed E-state index contributed by atoms with van der Waals surface area (Å²) in [5.74, 6) is 0. The number of rotatable bonds is 8. The fraction of sp³-hybridized carbons (Fsp3) is 0.0169. The molecule has 1 aliphatic carbocycles. The Morgan fingerprint density at radius 2 is 0.750 bits per heavy atom. The zero-order valence-electron chi connectivity index (χ0n) is 33.1. The molecule has 60 heavy (non-hydrogen) atoms. The van der Waals surface area contributed by atoms with Gasteiger partial charge in [0.05, 0.1) is 5.41 Å². The highest BCUT2D eigenvalue weighted by molar-refractivity contribution is 5.98. The van der Waals surface area contributed by atoms with E-state index in [0.29, 0.717) is 0 Å². The molecule has 1 aliphatic rings. The summed E-state index contributed by atoms with van der Waals surface area (Å²) in [6, 6.07) is 91.0. The van der Waals surface area contributed by atoms with E-state index >= 15 is 0 Å². The minimum Gasteiger partial charge on any atom is -0.310 e. The largest absolute Gasteiger partial charge is 0.310 e. The minimum absolute atomic E-state index is 0.560. The summed E-state index contributed by atoms with van der Waals surface area (Å²) < 4.78 is 0. The van der Waals surface area contributed by atoms with Gasteiger partial charge in [0.25, 0.3) is 0 Å². The quantitative estimate of drug-likeness (QED) is 0.149. The summed E-state index contributed by atoms with van der Waals surface area (Å²) in [4.78, 5) is 2.42. The lowest BCUT2D eigenvalue weighted by Crippen LogP contribution is -2.28. The number of hydrogen-bond acceptors (Lipinski definition) is 1. The summed E-state index contributed by atoms with van der Waals surface area (Å²) >= 11 is 0. The van der Waals surface area contributed by atoms with Crippen LogP contribution in [0.1, 0.15) is 22.3 Å². The first-order valence-electron chi connectivity index (χ1n) is 20.8. The summed E-state index contributed by atoms with van der Waals surface area (Å²) in [5, 5.41) is 2.50. The zero-order valence-corrected chi connectivity index (χ0v) is 33.1. The van der Waals surface area contributed by atoms with Gasteiger partial charge in [0.1, 0.15) is 0 Å². The van der Waals surface area contributed by atoms with Gasteiger partial charge in [-0.1, -0.05) is 212 Å². The molecule has 1 nitrogen and oxygen atoms in total. The van der Waals surface area contributed by atoms with Crippen LogP contribution in [-0.2, 0) is 5.41 Å². The first-order valence-corrected chi connectivity index (χ1v) is 20.8. The van der Waals surface area contributed by atoms with Gasteiger partial charge in [0, 0.05) is 17.1 Å². The van der Waals surface area contributed by atoms with Crippen LogP contribution in [0.25, 0.3) is 55.3 Å². The second kappa shape index (κ2) is 14.9. The van der Waals surface area contributed by atoms with Gasteiger partial charge in [-0.05, 0) is 114 Å². The molecule has 0 heterocycles. The molecular formula is C59H41N. The molecule has 0 radical (unpaired) electrons. The van der Waals surface area contributed by atoms with Crippen molar-refractivity contribution in [1.29, 1.82) is 0 Å². The number of hydrogen-bond donors (Lipinski definition) is 0. The Labute approximate surface area is 352 Å². The van der Waals surface area contributed by atoms with E-state index in [-0.39, 0.29) is 0 Å². The van der Waals surface area contributed by atoms with E-state index in [1.165, 1.54) is 77.5 Å². The molecule has 10 aromatic rings. The Morgan fingerprint density at radius 1 is 0.283 bits per heavy atom. The molecule has 0 saturated carbocycles. The van der Waals surface area contributed by atoms with Gasteiger partial charge in [0.15, 0.2) is 0 Å². The second-order valence-electron chi connectivity index (χ2n) is 15.6. The highest BCUT2D eigenvalue weighted by Crippen LogP contribution is 2.59. The smallest absolute Gasteiger partial charge is 0.0714 e. The maximum absolute atomic E-state index is 2.47. The lowest BCUT2D eigenvalue weighted by atomic mass is 9.67. The predicted octanol–water partition coefficient (Wildman–Crippen LogP) is 15.7. The Kier molecular flexibility index (Phi) is 8.79. The molecule has 0 aliphatic heterocycles. The van der Waals surface area contributed by atoms with Gasteiger partial charge in [-0.3, -0.25) is 0 Å².